The minimum Gasteiger partial charge on any atom is -0.316 e. The van der Waals surface area contributed by atoms with Crippen LogP contribution in [0.3, 0.4) is 0 Å². The summed E-state index contributed by atoms with van der Waals surface area (Å²) < 4.78 is 36.6. The van der Waals surface area contributed by atoms with E-state index in [2.05, 4.69) is 10.2 Å². The topological polar surface area (TPSA) is 15.3 Å². The van der Waals surface area contributed by atoms with Crippen LogP contribution in [0.15, 0.2) is 29.2 Å². The summed E-state index contributed by atoms with van der Waals surface area (Å²) >= 11 is -0.0674. The summed E-state index contributed by atoms with van der Waals surface area (Å²) in [6.45, 7) is 2.83. The van der Waals surface area contributed by atoms with Gasteiger partial charge in [-0.25, -0.2) is 0 Å². The predicted molar refractivity (Wildman–Crippen MR) is 71.1 cm³/mol. The molecule has 0 radical (unpaired) electrons. The van der Waals surface area contributed by atoms with Crippen molar-refractivity contribution in [3.05, 3.63) is 29.8 Å². The first-order valence-corrected chi connectivity index (χ1v) is 7.02. The molecule has 106 valence electrons. The first-order chi connectivity index (χ1) is 8.96. The molecule has 19 heavy (non-hydrogen) atoms. The van der Waals surface area contributed by atoms with E-state index in [1.807, 2.05) is 7.05 Å². The number of thioether (sulfide) groups is 1. The summed E-state index contributed by atoms with van der Waals surface area (Å²) in [7, 11) is 1.96. The molecule has 1 aromatic carbocycles. The maximum absolute atomic E-state index is 12.2. The predicted octanol–water partition coefficient (Wildman–Crippen LogP) is 3.09. The van der Waals surface area contributed by atoms with Gasteiger partial charge in [-0.1, -0.05) is 12.1 Å². The Kier molecular flexibility index (Phi) is 4.76. The number of hydrogen-bond donors (Lipinski definition) is 1. The van der Waals surface area contributed by atoms with Crippen LogP contribution in [-0.4, -0.2) is 36.6 Å². The number of nitrogens with one attached hydrogen (secondary N) is 1. The van der Waals surface area contributed by atoms with E-state index >= 15 is 0 Å². The van der Waals surface area contributed by atoms with Gasteiger partial charge in [-0.2, -0.15) is 13.2 Å². The molecular weight excluding hydrogens is 273 g/mol. The average Bonchev–Trinajstić information content (AvgIpc) is 2.77. The fourth-order valence-corrected chi connectivity index (χ4v) is 2.81. The lowest BCUT2D eigenvalue weighted by Gasteiger charge is -2.16. The summed E-state index contributed by atoms with van der Waals surface area (Å²) in [5, 5.41) is 3.24. The minimum atomic E-state index is -4.21. The second kappa shape index (κ2) is 6.15. The van der Waals surface area contributed by atoms with E-state index in [1.165, 1.54) is 0 Å². The molecule has 6 heteroatoms. The van der Waals surface area contributed by atoms with E-state index in [0.29, 0.717) is 6.04 Å². The molecule has 2 rings (SSSR count). The molecule has 1 aromatic rings. The van der Waals surface area contributed by atoms with E-state index < -0.39 is 5.51 Å². The molecule has 0 amide bonds. The van der Waals surface area contributed by atoms with Crippen molar-refractivity contribution in [1.29, 1.82) is 0 Å². The SMILES string of the molecule is CNC1CCN(Cc2ccc(SC(F)(F)F)cc2)C1. The van der Waals surface area contributed by atoms with Crippen molar-refractivity contribution in [1.82, 2.24) is 10.2 Å². The lowest BCUT2D eigenvalue weighted by molar-refractivity contribution is -0.0328. The second-order valence-corrected chi connectivity index (χ2v) is 5.84. The maximum Gasteiger partial charge on any atom is 0.446 e. The Hall–Kier alpha value is -0.720. The zero-order chi connectivity index (χ0) is 13.9. The molecule has 1 aliphatic heterocycles. The monoisotopic (exact) mass is 290 g/mol. The van der Waals surface area contributed by atoms with Crippen LogP contribution in [0, 0.1) is 0 Å². The Balaban J connectivity index is 1.89. The molecule has 0 bridgehead atoms. The van der Waals surface area contributed by atoms with Gasteiger partial charge in [-0.15, -0.1) is 0 Å². The Morgan fingerprint density at radius 3 is 2.53 bits per heavy atom. The highest BCUT2D eigenvalue weighted by molar-refractivity contribution is 8.00. The van der Waals surface area contributed by atoms with Crippen LogP contribution in [0.25, 0.3) is 0 Å². The molecule has 1 saturated heterocycles. The van der Waals surface area contributed by atoms with Crippen LogP contribution in [0.1, 0.15) is 12.0 Å². The third-order valence-corrected chi connectivity index (χ3v) is 3.98. The fourth-order valence-electron chi connectivity index (χ4n) is 2.27. The number of benzene rings is 1. The maximum atomic E-state index is 12.2. The first-order valence-electron chi connectivity index (χ1n) is 6.20. The largest absolute Gasteiger partial charge is 0.446 e. The number of rotatable bonds is 4. The van der Waals surface area contributed by atoms with E-state index in [1.54, 1.807) is 24.3 Å². The molecule has 2 nitrogen and oxygen atoms in total. The van der Waals surface area contributed by atoms with Gasteiger partial charge in [0.05, 0.1) is 0 Å². The zero-order valence-electron chi connectivity index (χ0n) is 10.7. The molecule has 1 atom stereocenters. The highest BCUT2D eigenvalue weighted by Crippen LogP contribution is 2.36. The molecular formula is C13H17F3N2S. The highest BCUT2D eigenvalue weighted by Gasteiger charge is 2.29. The van der Waals surface area contributed by atoms with Crippen molar-refractivity contribution >= 4 is 11.8 Å². The number of likely N-dealkylation sites (tertiary alicyclic amines) is 1. The van der Waals surface area contributed by atoms with Gasteiger partial charge in [-0.05, 0) is 42.9 Å². The normalized spacial score (nSPS) is 20.9. The van der Waals surface area contributed by atoms with Crippen molar-refractivity contribution < 1.29 is 13.2 Å². The van der Waals surface area contributed by atoms with Gasteiger partial charge < -0.3 is 5.32 Å². The van der Waals surface area contributed by atoms with Gasteiger partial charge in [0.2, 0.25) is 0 Å². The van der Waals surface area contributed by atoms with Crippen LogP contribution in [0.5, 0.6) is 0 Å². The van der Waals surface area contributed by atoms with E-state index in [-0.39, 0.29) is 16.7 Å². The first kappa shape index (κ1) is 14.7. The van der Waals surface area contributed by atoms with Gasteiger partial charge in [0, 0.05) is 30.6 Å². The summed E-state index contributed by atoms with van der Waals surface area (Å²) in [5.41, 5.74) is -3.15. The summed E-state index contributed by atoms with van der Waals surface area (Å²) in [6, 6.07) is 7.17. The molecule has 0 aromatic heterocycles. The number of halogens is 3. The van der Waals surface area contributed by atoms with E-state index in [9.17, 15) is 13.2 Å². The lowest BCUT2D eigenvalue weighted by Crippen LogP contribution is -2.29. The van der Waals surface area contributed by atoms with Crippen LogP contribution < -0.4 is 5.32 Å². The Bertz CT molecular complexity index is 405. The molecule has 0 saturated carbocycles. The standard InChI is InChI=1S/C13H17F3N2S/c1-17-11-6-7-18(9-11)8-10-2-4-12(5-3-10)19-13(14,15)16/h2-5,11,17H,6-9H2,1H3. The van der Waals surface area contributed by atoms with Gasteiger partial charge in [-0.3, -0.25) is 4.90 Å². The van der Waals surface area contributed by atoms with Crippen molar-refractivity contribution in [3.63, 3.8) is 0 Å². The summed E-state index contributed by atoms with van der Waals surface area (Å²) in [6.07, 6.45) is 1.12. The van der Waals surface area contributed by atoms with Crippen LogP contribution in [0.2, 0.25) is 0 Å². The number of hydrogen-bond acceptors (Lipinski definition) is 3. The van der Waals surface area contributed by atoms with E-state index in [4.69, 9.17) is 0 Å². The molecule has 1 unspecified atom stereocenters. The Morgan fingerprint density at radius 1 is 1.32 bits per heavy atom. The third kappa shape index (κ3) is 4.71. The minimum absolute atomic E-state index is 0.0674. The van der Waals surface area contributed by atoms with Crippen LogP contribution >= 0.6 is 11.8 Å². The van der Waals surface area contributed by atoms with Crippen LogP contribution in [0.4, 0.5) is 13.2 Å². The van der Waals surface area contributed by atoms with E-state index in [0.717, 1.165) is 31.6 Å². The number of nitrogens with zero attached hydrogens (tertiary/aromatic N) is 1. The molecule has 0 spiro atoms. The Labute approximate surface area is 115 Å². The number of alkyl halides is 3. The lowest BCUT2D eigenvalue weighted by atomic mass is 10.2. The van der Waals surface area contributed by atoms with Crippen molar-refractivity contribution in [2.24, 2.45) is 0 Å². The average molecular weight is 290 g/mol. The fraction of sp³-hybridized carbons (Fsp3) is 0.538. The van der Waals surface area contributed by atoms with Gasteiger partial charge in [0.25, 0.3) is 0 Å². The van der Waals surface area contributed by atoms with Crippen molar-refractivity contribution in [2.45, 2.75) is 29.4 Å². The molecule has 0 aliphatic carbocycles. The summed E-state index contributed by atoms with van der Waals surface area (Å²) in [4.78, 5) is 2.55. The van der Waals surface area contributed by atoms with Gasteiger partial charge >= 0.3 is 5.51 Å². The second-order valence-electron chi connectivity index (χ2n) is 4.70. The molecule has 1 fully saturated rings. The molecule has 1 aliphatic rings. The zero-order valence-corrected chi connectivity index (χ0v) is 11.5. The third-order valence-electron chi connectivity index (χ3n) is 3.24. The highest BCUT2D eigenvalue weighted by atomic mass is 32.2. The van der Waals surface area contributed by atoms with Crippen LogP contribution in [-0.2, 0) is 6.54 Å². The van der Waals surface area contributed by atoms with Crippen molar-refractivity contribution in [2.75, 3.05) is 20.1 Å². The van der Waals surface area contributed by atoms with Gasteiger partial charge in [0.1, 0.15) is 0 Å². The molecule has 1 N–H and O–H groups in total. The number of likely N-dealkylation sites (N-methyl/N-ethyl adjacent to an activating group) is 1. The van der Waals surface area contributed by atoms with Gasteiger partial charge in [0.15, 0.2) is 0 Å². The quantitative estimate of drug-likeness (QED) is 0.858. The Morgan fingerprint density at radius 2 is 2.00 bits per heavy atom. The summed E-state index contributed by atoms with van der Waals surface area (Å²) in [5.74, 6) is 0. The van der Waals surface area contributed by atoms with Crippen molar-refractivity contribution in [3.8, 4) is 0 Å². The molecule has 1 heterocycles. The smallest absolute Gasteiger partial charge is 0.316 e.